The number of carbonyl (C=O) groups is 2. The number of benzene rings is 3. The number of hydrogen-bond donors (Lipinski definition) is 1. The second-order valence-corrected chi connectivity index (χ2v) is 13.6. The largest absolute Gasteiger partial charge is 0.404 e. The molecule has 2 amide bonds. The number of fused-ring (bicyclic) bond motifs is 2. The highest BCUT2D eigenvalue weighted by Crippen LogP contribution is 2.49. The maximum Gasteiger partial charge on any atom is 0.404 e. The zero-order chi connectivity index (χ0) is 33.7. The molecule has 1 N–H and O–H groups in total. The van der Waals surface area contributed by atoms with Crippen LogP contribution in [0.3, 0.4) is 0 Å². The molecule has 3 aromatic carbocycles. The van der Waals surface area contributed by atoms with E-state index in [1.807, 2.05) is 37.4 Å². The normalized spacial score (nSPS) is 24.6. The molecule has 2 saturated heterocycles. The second-order valence-electron chi connectivity index (χ2n) is 13.6. The Hall–Kier alpha value is -4.25. The number of aryl methyl sites for hydroxylation is 2. The fourth-order valence-corrected chi connectivity index (χ4v) is 8.38. The van der Waals surface area contributed by atoms with E-state index in [9.17, 15) is 22.8 Å². The SMILES string of the molecule is Cc1cccc(F)c1C(=O)N1C2CCCC2CC(C(=O)Nc2ccc3c(cnn3C)c2)C1c1ccc(CN2CCCC2C(F)(F)F)cc1. The summed E-state index contributed by atoms with van der Waals surface area (Å²) in [7, 11) is 1.85. The molecular weight excluding hydrogens is 622 g/mol. The van der Waals surface area contributed by atoms with Gasteiger partial charge in [-0.1, -0.05) is 42.8 Å². The number of piperidine rings is 1. The topological polar surface area (TPSA) is 70.5 Å². The summed E-state index contributed by atoms with van der Waals surface area (Å²) in [6.07, 6.45) is 1.07. The zero-order valence-electron chi connectivity index (χ0n) is 27.0. The van der Waals surface area contributed by atoms with Gasteiger partial charge in [0.25, 0.3) is 5.91 Å². The van der Waals surface area contributed by atoms with E-state index >= 15 is 4.39 Å². The highest BCUT2D eigenvalue weighted by atomic mass is 19.4. The minimum Gasteiger partial charge on any atom is -0.327 e. The molecule has 11 heteroatoms. The summed E-state index contributed by atoms with van der Waals surface area (Å²) in [6.45, 7) is 2.23. The minimum atomic E-state index is -4.29. The maximum absolute atomic E-state index is 15.3. The minimum absolute atomic E-state index is 0.0000772. The summed E-state index contributed by atoms with van der Waals surface area (Å²) in [4.78, 5) is 32.0. The first-order chi connectivity index (χ1) is 23.0. The van der Waals surface area contributed by atoms with Crippen LogP contribution in [0.4, 0.5) is 23.2 Å². The van der Waals surface area contributed by atoms with Crippen LogP contribution in [0.25, 0.3) is 10.9 Å². The molecule has 3 aliphatic rings. The van der Waals surface area contributed by atoms with Crippen LogP contribution in [0.2, 0.25) is 0 Å². The fourth-order valence-electron chi connectivity index (χ4n) is 8.38. The van der Waals surface area contributed by atoms with Gasteiger partial charge in [-0.25, -0.2) is 4.39 Å². The van der Waals surface area contributed by atoms with Gasteiger partial charge in [-0.15, -0.1) is 0 Å². The number of nitrogens with zero attached hydrogens (tertiary/aromatic N) is 4. The standard InChI is InChI=1S/C37H39F4N5O2/c1-22-6-3-8-29(38)33(22)36(48)46-31-9-4-7-25(31)19-28(35(47)43-27-15-16-30-26(18-27)20-42-44(30)2)34(46)24-13-11-23(12-14-24)21-45-17-5-10-32(45)37(39,40)41/h3,6,8,11-16,18,20,25,28,31-32,34H,4-5,7,9-10,17,19,21H2,1-2H3,(H,43,47). The quantitative estimate of drug-likeness (QED) is 0.217. The van der Waals surface area contributed by atoms with Crippen LogP contribution in [0.1, 0.15) is 71.6 Å². The van der Waals surface area contributed by atoms with Crippen LogP contribution >= 0.6 is 0 Å². The van der Waals surface area contributed by atoms with Gasteiger partial charge in [-0.3, -0.25) is 19.2 Å². The molecule has 5 unspecified atom stereocenters. The number of nitrogens with one attached hydrogen (secondary N) is 1. The molecule has 252 valence electrons. The van der Waals surface area contributed by atoms with Gasteiger partial charge in [-0.2, -0.15) is 18.3 Å². The summed E-state index contributed by atoms with van der Waals surface area (Å²) >= 11 is 0. The van der Waals surface area contributed by atoms with Gasteiger partial charge in [-0.05, 0) is 92.4 Å². The predicted octanol–water partition coefficient (Wildman–Crippen LogP) is 7.56. The van der Waals surface area contributed by atoms with Gasteiger partial charge in [0.05, 0.1) is 29.2 Å². The van der Waals surface area contributed by atoms with Gasteiger partial charge in [0.15, 0.2) is 0 Å². The zero-order valence-corrected chi connectivity index (χ0v) is 27.0. The number of likely N-dealkylation sites (tertiary alicyclic amines) is 2. The molecule has 3 heterocycles. The first-order valence-corrected chi connectivity index (χ1v) is 16.7. The van der Waals surface area contributed by atoms with E-state index in [-0.39, 0.29) is 36.4 Å². The molecule has 1 saturated carbocycles. The number of amides is 2. The van der Waals surface area contributed by atoms with E-state index in [1.165, 1.54) is 11.0 Å². The highest BCUT2D eigenvalue weighted by molar-refractivity contribution is 5.99. The molecule has 1 aliphatic carbocycles. The lowest BCUT2D eigenvalue weighted by atomic mass is 9.76. The summed E-state index contributed by atoms with van der Waals surface area (Å²) in [5, 5.41) is 8.26. The molecule has 5 atom stereocenters. The van der Waals surface area contributed by atoms with E-state index < -0.39 is 35.9 Å². The van der Waals surface area contributed by atoms with Crippen LogP contribution in [-0.4, -0.2) is 56.2 Å². The lowest BCUT2D eigenvalue weighted by Crippen LogP contribution is -2.54. The molecule has 0 bridgehead atoms. The summed E-state index contributed by atoms with van der Waals surface area (Å²) < 4.78 is 58.0. The van der Waals surface area contributed by atoms with Crippen molar-refractivity contribution in [3.8, 4) is 0 Å². The number of hydrogen-bond acceptors (Lipinski definition) is 4. The second kappa shape index (κ2) is 12.7. The van der Waals surface area contributed by atoms with E-state index in [4.69, 9.17) is 0 Å². The van der Waals surface area contributed by atoms with E-state index in [0.717, 1.165) is 35.7 Å². The molecule has 0 spiro atoms. The molecule has 0 radical (unpaired) electrons. The Bertz CT molecular complexity index is 1820. The first-order valence-electron chi connectivity index (χ1n) is 16.7. The molecule has 4 aromatic rings. The van der Waals surface area contributed by atoms with Crippen molar-refractivity contribution in [2.45, 2.75) is 76.3 Å². The molecule has 7 rings (SSSR count). The van der Waals surface area contributed by atoms with Crippen LogP contribution in [0, 0.1) is 24.6 Å². The van der Waals surface area contributed by atoms with E-state index in [1.54, 1.807) is 47.0 Å². The maximum atomic E-state index is 15.3. The molecule has 1 aromatic heterocycles. The van der Waals surface area contributed by atoms with Crippen molar-refractivity contribution >= 4 is 28.4 Å². The number of alkyl halides is 3. The third-order valence-electron chi connectivity index (χ3n) is 10.7. The summed E-state index contributed by atoms with van der Waals surface area (Å²) in [6, 6.07) is 15.0. The van der Waals surface area contributed by atoms with Gasteiger partial charge < -0.3 is 10.2 Å². The average molecular weight is 662 g/mol. The summed E-state index contributed by atoms with van der Waals surface area (Å²) in [5.41, 5.74) is 3.46. The molecule has 3 fully saturated rings. The smallest absolute Gasteiger partial charge is 0.327 e. The van der Waals surface area contributed by atoms with Crippen LogP contribution in [0.15, 0.2) is 66.9 Å². The first kappa shape index (κ1) is 32.3. The molecular formula is C37H39F4N5O2. The molecule has 48 heavy (non-hydrogen) atoms. The highest BCUT2D eigenvalue weighted by Gasteiger charge is 2.50. The molecule has 2 aliphatic heterocycles. The number of aromatic nitrogens is 2. The Morgan fingerprint density at radius 3 is 2.54 bits per heavy atom. The molecule has 7 nitrogen and oxygen atoms in total. The third kappa shape index (κ3) is 5.97. The van der Waals surface area contributed by atoms with Crippen molar-refractivity contribution in [3.63, 3.8) is 0 Å². The van der Waals surface area contributed by atoms with E-state index in [2.05, 4.69) is 10.4 Å². The Kier molecular flexibility index (Phi) is 8.51. The van der Waals surface area contributed by atoms with Gasteiger partial charge in [0.1, 0.15) is 11.9 Å². The average Bonchev–Trinajstić information content (AvgIpc) is 3.80. The number of rotatable bonds is 6. The van der Waals surface area contributed by atoms with E-state index in [0.29, 0.717) is 36.2 Å². The van der Waals surface area contributed by atoms with Gasteiger partial charge >= 0.3 is 6.18 Å². The van der Waals surface area contributed by atoms with Gasteiger partial charge in [0, 0.05) is 30.7 Å². The monoisotopic (exact) mass is 661 g/mol. The third-order valence-corrected chi connectivity index (χ3v) is 10.7. The summed E-state index contributed by atoms with van der Waals surface area (Å²) in [5.74, 6) is -1.88. The van der Waals surface area contributed by atoms with Crippen molar-refractivity contribution in [3.05, 3.63) is 94.9 Å². The van der Waals surface area contributed by atoms with Crippen molar-refractivity contribution in [2.75, 3.05) is 11.9 Å². The lowest BCUT2D eigenvalue weighted by molar-refractivity contribution is -0.177. The lowest BCUT2D eigenvalue weighted by Gasteiger charge is -2.48. The van der Waals surface area contributed by atoms with Crippen LogP contribution in [0.5, 0.6) is 0 Å². The Morgan fingerprint density at radius 2 is 1.79 bits per heavy atom. The Morgan fingerprint density at radius 1 is 1.00 bits per heavy atom. The Balaban J connectivity index is 1.25. The van der Waals surface area contributed by atoms with Crippen molar-refractivity contribution in [1.29, 1.82) is 0 Å². The Labute approximate surface area is 276 Å². The van der Waals surface area contributed by atoms with Crippen LogP contribution in [-0.2, 0) is 18.4 Å². The van der Waals surface area contributed by atoms with Crippen molar-refractivity contribution in [1.82, 2.24) is 19.6 Å². The number of anilines is 1. The van der Waals surface area contributed by atoms with Crippen molar-refractivity contribution in [2.24, 2.45) is 18.9 Å². The van der Waals surface area contributed by atoms with Crippen molar-refractivity contribution < 1.29 is 27.2 Å². The number of carbonyl (C=O) groups excluding carboxylic acids is 2. The predicted molar refractivity (Wildman–Crippen MR) is 175 cm³/mol. The fraction of sp³-hybridized carbons (Fsp3) is 0.432. The van der Waals surface area contributed by atoms with Crippen LogP contribution < -0.4 is 5.32 Å². The van der Waals surface area contributed by atoms with Gasteiger partial charge in [0.2, 0.25) is 5.91 Å². The number of halogens is 4.